The molecule has 0 bridgehead atoms. The molecule has 1 saturated carbocycles. The predicted molar refractivity (Wildman–Crippen MR) is 87.8 cm³/mol. The van der Waals surface area contributed by atoms with Gasteiger partial charge in [-0.15, -0.1) is 36.2 Å². The number of nitrogens with one attached hydrogen (secondary N) is 1. The number of aryl methyl sites for hydroxylation is 1. The van der Waals surface area contributed by atoms with Crippen LogP contribution in [0.5, 0.6) is 0 Å². The van der Waals surface area contributed by atoms with Crippen LogP contribution in [0.2, 0.25) is 0 Å². The molecular formula is C13H23Cl2N3OS. The van der Waals surface area contributed by atoms with Crippen molar-refractivity contribution in [3.8, 4) is 0 Å². The number of carbonyl (C=O) groups is 1. The number of carbonyl (C=O) groups excluding carboxylic acids is 1. The van der Waals surface area contributed by atoms with Crippen LogP contribution in [0.1, 0.15) is 43.8 Å². The van der Waals surface area contributed by atoms with E-state index < -0.39 is 5.54 Å². The summed E-state index contributed by atoms with van der Waals surface area (Å²) in [5.41, 5.74) is 6.45. The van der Waals surface area contributed by atoms with Gasteiger partial charge in [0.1, 0.15) is 5.01 Å². The van der Waals surface area contributed by atoms with E-state index in [2.05, 4.69) is 10.3 Å². The van der Waals surface area contributed by atoms with Gasteiger partial charge in [-0.05, 0) is 40.0 Å². The highest BCUT2D eigenvalue weighted by molar-refractivity contribution is 7.09. The van der Waals surface area contributed by atoms with Crippen molar-refractivity contribution in [1.29, 1.82) is 0 Å². The minimum atomic E-state index is -0.400. The average Bonchev–Trinajstić information content (AvgIpc) is 2.86. The summed E-state index contributed by atoms with van der Waals surface area (Å²) in [6.07, 6.45) is 2.66. The van der Waals surface area contributed by atoms with Gasteiger partial charge in [-0.1, -0.05) is 0 Å². The highest BCUT2D eigenvalue weighted by Gasteiger charge is 2.32. The summed E-state index contributed by atoms with van der Waals surface area (Å²) in [6, 6.07) is 0.186. The molecule has 0 spiro atoms. The van der Waals surface area contributed by atoms with Gasteiger partial charge in [-0.25, -0.2) is 4.98 Å². The molecule has 7 heteroatoms. The van der Waals surface area contributed by atoms with E-state index in [9.17, 15) is 4.79 Å². The first-order valence-electron chi connectivity index (χ1n) is 6.38. The Morgan fingerprint density at radius 1 is 1.45 bits per heavy atom. The van der Waals surface area contributed by atoms with Crippen LogP contribution in [0.25, 0.3) is 0 Å². The molecule has 1 heterocycles. The van der Waals surface area contributed by atoms with Crippen LogP contribution in [0.4, 0.5) is 0 Å². The maximum Gasteiger partial charge on any atom is 0.223 e. The number of nitrogens with zero attached hydrogens (tertiary/aromatic N) is 1. The normalized spacial score (nSPS) is 21.8. The van der Waals surface area contributed by atoms with Crippen LogP contribution in [-0.2, 0) is 10.3 Å². The number of aromatic nitrogens is 1. The van der Waals surface area contributed by atoms with E-state index in [0.29, 0.717) is 0 Å². The van der Waals surface area contributed by atoms with Crippen molar-refractivity contribution >= 4 is 42.1 Å². The van der Waals surface area contributed by atoms with Gasteiger partial charge in [0.15, 0.2) is 0 Å². The van der Waals surface area contributed by atoms with Gasteiger partial charge in [0, 0.05) is 23.0 Å². The standard InChI is InChI=1S/C13H21N3OS.2ClH/c1-8-7-18-12(15-8)13(2,3)16-11(17)9-4-5-10(14)6-9;;/h7,9-10H,4-6,14H2,1-3H3,(H,16,17);2*1H. The molecule has 0 radical (unpaired) electrons. The average molecular weight is 340 g/mol. The summed E-state index contributed by atoms with van der Waals surface area (Å²) < 4.78 is 0. The minimum Gasteiger partial charge on any atom is -0.344 e. The van der Waals surface area contributed by atoms with Crippen molar-refractivity contribution in [2.24, 2.45) is 11.7 Å². The zero-order valence-corrected chi connectivity index (χ0v) is 14.5. The topological polar surface area (TPSA) is 68.0 Å². The molecule has 1 aliphatic carbocycles. The molecule has 0 aromatic carbocycles. The van der Waals surface area contributed by atoms with Gasteiger partial charge in [0.05, 0.1) is 5.54 Å². The zero-order valence-electron chi connectivity index (χ0n) is 12.0. The predicted octanol–water partition coefficient (Wildman–Crippen LogP) is 2.77. The Hall–Kier alpha value is -0.360. The Morgan fingerprint density at radius 2 is 2.10 bits per heavy atom. The monoisotopic (exact) mass is 339 g/mol. The van der Waals surface area contributed by atoms with Crippen LogP contribution in [-0.4, -0.2) is 16.9 Å². The third-order valence-electron chi connectivity index (χ3n) is 3.43. The quantitative estimate of drug-likeness (QED) is 0.889. The number of amides is 1. The van der Waals surface area contributed by atoms with Crippen molar-refractivity contribution < 1.29 is 4.79 Å². The van der Waals surface area contributed by atoms with Gasteiger partial charge >= 0.3 is 0 Å². The van der Waals surface area contributed by atoms with Crippen LogP contribution >= 0.6 is 36.2 Å². The Labute approximate surface area is 136 Å². The Morgan fingerprint density at radius 3 is 2.55 bits per heavy atom. The first-order valence-corrected chi connectivity index (χ1v) is 7.26. The van der Waals surface area contributed by atoms with Crippen molar-refractivity contribution in [1.82, 2.24) is 10.3 Å². The first kappa shape index (κ1) is 19.6. The van der Waals surface area contributed by atoms with E-state index >= 15 is 0 Å². The fourth-order valence-electron chi connectivity index (χ4n) is 2.36. The fourth-order valence-corrected chi connectivity index (χ4v) is 3.24. The molecule has 0 aliphatic heterocycles. The number of nitrogens with two attached hydrogens (primary N) is 1. The molecule has 1 amide bonds. The van der Waals surface area contributed by atoms with Gasteiger partial charge < -0.3 is 11.1 Å². The van der Waals surface area contributed by atoms with E-state index in [1.807, 2.05) is 26.2 Å². The summed E-state index contributed by atoms with van der Waals surface area (Å²) in [6.45, 7) is 5.96. The Kier molecular flexibility index (Phi) is 7.46. The van der Waals surface area contributed by atoms with E-state index in [1.165, 1.54) is 0 Å². The Bertz CT molecular complexity index is 451. The second kappa shape index (κ2) is 7.59. The summed E-state index contributed by atoms with van der Waals surface area (Å²) in [7, 11) is 0. The van der Waals surface area contributed by atoms with Crippen LogP contribution in [0.15, 0.2) is 5.38 Å². The fraction of sp³-hybridized carbons (Fsp3) is 0.692. The molecular weight excluding hydrogens is 317 g/mol. The number of thiazole rings is 1. The van der Waals surface area contributed by atoms with E-state index in [-0.39, 0.29) is 42.7 Å². The van der Waals surface area contributed by atoms with E-state index in [0.717, 1.165) is 30.0 Å². The van der Waals surface area contributed by atoms with E-state index in [1.54, 1.807) is 11.3 Å². The zero-order chi connectivity index (χ0) is 13.3. The minimum absolute atomic E-state index is 0. The van der Waals surface area contributed by atoms with Gasteiger partial charge in [0.2, 0.25) is 5.91 Å². The maximum absolute atomic E-state index is 12.2. The molecule has 1 fully saturated rings. The van der Waals surface area contributed by atoms with Crippen LogP contribution in [0.3, 0.4) is 0 Å². The summed E-state index contributed by atoms with van der Waals surface area (Å²) >= 11 is 1.59. The van der Waals surface area contributed by atoms with Gasteiger partial charge in [-0.2, -0.15) is 0 Å². The number of halogens is 2. The lowest BCUT2D eigenvalue weighted by molar-refractivity contribution is -0.126. The van der Waals surface area contributed by atoms with Crippen molar-refractivity contribution in [2.45, 2.75) is 51.6 Å². The van der Waals surface area contributed by atoms with Gasteiger partial charge in [0.25, 0.3) is 0 Å². The lowest BCUT2D eigenvalue weighted by atomic mass is 10.0. The highest BCUT2D eigenvalue weighted by atomic mass is 35.5. The molecule has 4 nitrogen and oxygen atoms in total. The Balaban J connectivity index is 0.00000180. The molecule has 2 atom stereocenters. The lowest BCUT2D eigenvalue weighted by Crippen LogP contribution is -2.43. The summed E-state index contributed by atoms with van der Waals surface area (Å²) in [5, 5.41) is 6.06. The van der Waals surface area contributed by atoms with E-state index in [4.69, 9.17) is 5.73 Å². The largest absolute Gasteiger partial charge is 0.344 e. The highest BCUT2D eigenvalue weighted by Crippen LogP contribution is 2.28. The molecule has 1 aliphatic rings. The second-order valence-electron chi connectivity index (χ2n) is 5.68. The second-order valence-corrected chi connectivity index (χ2v) is 6.54. The molecule has 1 aromatic rings. The lowest BCUT2D eigenvalue weighted by Gasteiger charge is -2.25. The third-order valence-corrected chi connectivity index (χ3v) is 4.72. The van der Waals surface area contributed by atoms with Crippen LogP contribution in [0, 0.1) is 12.8 Å². The molecule has 2 rings (SSSR count). The van der Waals surface area contributed by atoms with Gasteiger partial charge in [-0.3, -0.25) is 4.79 Å². The van der Waals surface area contributed by atoms with Crippen molar-refractivity contribution in [2.75, 3.05) is 0 Å². The molecule has 3 N–H and O–H groups in total. The number of hydrogen-bond donors (Lipinski definition) is 2. The van der Waals surface area contributed by atoms with Crippen LogP contribution < -0.4 is 11.1 Å². The molecule has 2 unspecified atom stereocenters. The number of rotatable bonds is 3. The van der Waals surface area contributed by atoms with Crippen molar-refractivity contribution in [3.63, 3.8) is 0 Å². The van der Waals surface area contributed by atoms with Crippen molar-refractivity contribution in [3.05, 3.63) is 16.1 Å². The molecule has 20 heavy (non-hydrogen) atoms. The molecule has 1 aromatic heterocycles. The smallest absolute Gasteiger partial charge is 0.223 e. The summed E-state index contributed by atoms with van der Waals surface area (Å²) in [5.74, 6) is 0.182. The molecule has 116 valence electrons. The summed E-state index contributed by atoms with van der Waals surface area (Å²) in [4.78, 5) is 16.7. The SMILES string of the molecule is Cc1csc(C(C)(C)NC(=O)C2CCC(N)C2)n1.Cl.Cl. The third kappa shape index (κ3) is 4.58. The number of hydrogen-bond acceptors (Lipinski definition) is 4. The first-order chi connectivity index (χ1) is 8.38. The maximum atomic E-state index is 12.2. The molecule has 0 saturated heterocycles.